The predicted octanol–water partition coefficient (Wildman–Crippen LogP) is 4.18. The van der Waals surface area contributed by atoms with Crippen LogP contribution >= 0.6 is 0 Å². The molecule has 1 aliphatic heterocycles. The SMILES string of the molecule is CCOC(=O)c1nc(-c2cc3cn(C)nc3c(C)c2OCOC)nc2ccc(N3CCC(N(C)C)CC3)cc12. The summed E-state index contributed by atoms with van der Waals surface area (Å²) in [4.78, 5) is 27.5. The fraction of sp³-hybridized carbons (Fsp3) is 0.448. The average molecular weight is 533 g/mol. The molecule has 4 aromatic rings. The van der Waals surface area contributed by atoms with E-state index in [-0.39, 0.29) is 19.1 Å². The molecule has 1 fully saturated rings. The zero-order chi connectivity index (χ0) is 27.7. The van der Waals surface area contributed by atoms with Gasteiger partial charge in [-0.25, -0.2) is 14.8 Å². The fourth-order valence-corrected chi connectivity index (χ4v) is 5.33. The summed E-state index contributed by atoms with van der Waals surface area (Å²) in [6.45, 7) is 5.94. The Labute approximate surface area is 228 Å². The van der Waals surface area contributed by atoms with Crippen molar-refractivity contribution in [3.05, 3.63) is 41.7 Å². The van der Waals surface area contributed by atoms with Gasteiger partial charge in [-0.05, 0) is 65.0 Å². The number of benzene rings is 2. The van der Waals surface area contributed by atoms with E-state index in [1.54, 1.807) is 18.7 Å². The number of nitrogens with zero attached hydrogens (tertiary/aromatic N) is 6. The van der Waals surface area contributed by atoms with Crippen LogP contribution in [0, 0.1) is 6.92 Å². The average Bonchev–Trinajstić information content (AvgIpc) is 3.32. The number of aromatic nitrogens is 4. The number of fused-ring (bicyclic) bond motifs is 2. The standard InChI is InChI=1S/C29H36N6O4/c1-7-38-29(36)26-22-15-21(35-12-10-20(11-13-35)33(3)4)8-9-24(22)30-28(31-26)23-14-19-16-34(5)32-25(19)18(2)27(23)39-17-37-6/h8-9,14-16,20H,7,10-13,17H2,1-6H3. The highest BCUT2D eigenvalue weighted by Gasteiger charge is 2.24. The van der Waals surface area contributed by atoms with Gasteiger partial charge in [-0.1, -0.05) is 0 Å². The van der Waals surface area contributed by atoms with Crippen LogP contribution in [-0.2, 0) is 16.5 Å². The summed E-state index contributed by atoms with van der Waals surface area (Å²) in [6, 6.07) is 8.57. The summed E-state index contributed by atoms with van der Waals surface area (Å²) in [5.74, 6) is 0.468. The van der Waals surface area contributed by atoms with Crippen molar-refractivity contribution in [3.8, 4) is 17.1 Å². The van der Waals surface area contributed by atoms with Crippen LogP contribution in [-0.4, -0.2) is 84.4 Å². The van der Waals surface area contributed by atoms with Crippen LogP contribution in [0.5, 0.6) is 5.75 Å². The molecule has 0 amide bonds. The van der Waals surface area contributed by atoms with Gasteiger partial charge in [0, 0.05) is 61.5 Å². The largest absolute Gasteiger partial charge is 0.466 e. The fourth-order valence-electron chi connectivity index (χ4n) is 5.33. The van der Waals surface area contributed by atoms with Gasteiger partial charge in [-0.2, -0.15) is 5.10 Å². The van der Waals surface area contributed by atoms with Crippen molar-refractivity contribution in [2.24, 2.45) is 7.05 Å². The van der Waals surface area contributed by atoms with Crippen LogP contribution in [0.15, 0.2) is 30.5 Å². The Bertz CT molecular complexity index is 1510. The molecule has 39 heavy (non-hydrogen) atoms. The number of carbonyl (C=O) groups excluding carboxylic acids is 1. The lowest BCUT2D eigenvalue weighted by Gasteiger charge is -2.36. The van der Waals surface area contributed by atoms with E-state index in [4.69, 9.17) is 24.2 Å². The number of piperidine rings is 1. The van der Waals surface area contributed by atoms with Crippen molar-refractivity contribution in [2.75, 3.05) is 52.6 Å². The highest BCUT2D eigenvalue weighted by molar-refractivity contribution is 6.03. The normalized spacial score (nSPS) is 14.5. The maximum absolute atomic E-state index is 13.2. The minimum Gasteiger partial charge on any atom is -0.466 e. The highest BCUT2D eigenvalue weighted by atomic mass is 16.7. The number of rotatable bonds is 8. The van der Waals surface area contributed by atoms with Crippen molar-refractivity contribution in [2.45, 2.75) is 32.7 Å². The van der Waals surface area contributed by atoms with E-state index in [9.17, 15) is 4.79 Å². The predicted molar refractivity (Wildman–Crippen MR) is 151 cm³/mol. The molecule has 0 bridgehead atoms. The van der Waals surface area contributed by atoms with E-state index >= 15 is 0 Å². The molecular formula is C29H36N6O4. The number of methoxy groups -OCH3 is 1. The van der Waals surface area contributed by atoms with Gasteiger partial charge in [0.2, 0.25) is 0 Å². The van der Waals surface area contributed by atoms with Gasteiger partial charge in [-0.3, -0.25) is 4.68 Å². The smallest absolute Gasteiger partial charge is 0.357 e. The van der Waals surface area contributed by atoms with Crippen molar-refractivity contribution >= 4 is 33.5 Å². The molecule has 0 atom stereocenters. The minimum absolute atomic E-state index is 0.0539. The van der Waals surface area contributed by atoms with Crippen LogP contribution < -0.4 is 9.64 Å². The molecule has 206 valence electrons. The molecule has 10 heteroatoms. The first-order valence-electron chi connectivity index (χ1n) is 13.3. The highest BCUT2D eigenvalue weighted by Crippen LogP contribution is 2.38. The molecule has 0 radical (unpaired) electrons. The summed E-state index contributed by atoms with van der Waals surface area (Å²) in [5.41, 5.74) is 4.28. The van der Waals surface area contributed by atoms with Gasteiger partial charge in [-0.15, -0.1) is 0 Å². The number of esters is 1. The molecule has 0 unspecified atom stereocenters. The zero-order valence-corrected chi connectivity index (χ0v) is 23.5. The van der Waals surface area contributed by atoms with Crippen molar-refractivity contribution in [1.82, 2.24) is 24.6 Å². The first-order chi connectivity index (χ1) is 18.8. The number of ether oxygens (including phenoxy) is 3. The number of carbonyl (C=O) groups is 1. The quantitative estimate of drug-likeness (QED) is 0.245. The molecule has 1 aliphatic rings. The van der Waals surface area contributed by atoms with Crippen LogP contribution in [0.3, 0.4) is 0 Å². The maximum Gasteiger partial charge on any atom is 0.357 e. The molecule has 1 saturated heterocycles. The second-order valence-electron chi connectivity index (χ2n) is 10.2. The lowest BCUT2D eigenvalue weighted by atomic mass is 10.0. The first kappa shape index (κ1) is 26.8. The van der Waals surface area contributed by atoms with Gasteiger partial charge in [0.1, 0.15) is 5.75 Å². The van der Waals surface area contributed by atoms with Crippen molar-refractivity contribution in [1.29, 1.82) is 0 Å². The van der Waals surface area contributed by atoms with E-state index in [0.29, 0.717) is 34.1 Å². The Hall–Kier alpha value is -3.76. The monoisotopic (exact) mass is 532 g/mol. The minimum atomic E-state index is -0.479. The Morgan fingerprint density at radius 2 is 1.92 bits per heavy atom. The van der Waals surface area contributed by atoms with Crippen molar-refractivity contribution < 1.29 is 19.0 Å². The third kappa shape index (κ3) is 5.26. The van der Waals surface area contributed by atoms with Gasteiger partial charge >= 0.3 is 5.97 Å². The van der Waals surface area contributed by atoms with Gasteiger partial charge in [0.05, 0.1) is 23.2 Å². The third-order valence-electron chi connectivity index (χ3n) is 7.37. The Balaban J connectivity index is 1.63. The molecule has 0 N–H and O–H groups in total. The van der Waals surface area contributed by atoms with E-state index in [1.807, 2.05) is 38.4 Å². The molecule has 3 heterocycles. The van der Waals surface area contributed by atoms with Crippen LogP contribution in [0.4, 0.5) is 5.69 Å². The van der Waals surface area contributed by atoms with E-state index in [0.717, 1.165) is 48.1 Å². The zero-order valence-electron chi connectivity index (χ0n) is 23.5. The molecule has 10 nitrogen and oxygen atoms in total. The number of hydrogen-bond acceptors (Lipinski definition) is 9. The van der Waals surface area contributed by atoms with Gasteiger partial charge < -0.3 is 24.0 Å². The number of anilines is 1. The van der Waals surface area contributed by atoms with Crippen LogP contribution in [0.2, 0.25) is 0 Å². The van der Waals surface area contributed by atoms with Crippen LogP contribution in [0.25, 0.3) is 33.2 Å². The molecule has 0 spiro atoms. The Kier molecular flexibility index (Phi) is 7.67. The lowest BCUT2D eigenvalue weighted by Crippen LogP contribution is -2.41. The third-order valence-corrected chi connectivity index (χ3v) is 7.37. The number of aryl methyl sites for hydroxylation is 2. The van der Waals surface area contributed by atoms with Crippen molar-refractivity contribution in [3.63, 3.8) is 0 Å². The van der Waals surface area contributed by atoms with Gasteiger partial charge in [0.15, 0.2) is 18.3 Å². The molecule has 0 saturated carbocycles. The van der Waals surface area contributed by atoms with Crippen LogP contribution in [0.1, 0.15) is 35.8 Å². The van der Waals surface area contributed by atoms with E-state index < -0.39 is 5.97 Å². The van der Waals surface area contributed by atoms with Gasteiger partial charge in [0.25, 0.3) is 0 Å². The second kappa shape index (κ2) is 11.2. The molecule has 2 aromatic carbocycles. The summed E-state index contributed by atoms with van der Waals surface area (Å²) >= 11 is 0. The van der Waals surface area contributed by atoms with E-state index in [2.05, 4.69) is 35.1 Å². The Morgan fingerprint density at radius 3 is 2.62 bits per heavy atom. The topological polar surface area (TPSA) is 94.8 Å². The maximum atomic E-state index is 13.2. The summed E-state index contributed by atoms with van der Waals surface area (Å²) in [5, 5.41) is 6.17. The second-order valence-corrected chi connectivity index (χ2v) is 10.2. The van der Waals surface area contributed by atoms with E-state index in [1.165, 1.54) is 0 Å². The molecular weight excluding hydrogens is 496 g/mol. The first-order valence-corrected chi connectivity index (χ1v) is 13.3. The molecule has 2 aromatic heterocycles. The lowest BCUT2D eigenvalue weighted by molar-refractivity contribution is 0.0508. The Morgan fingerprint density at radius 1 is 1.15 bits per heavy atom. The summed E-state index contributed by atoms with van der Waals surface area (Å²) in [7, 11) is 7.72. The summed E-state index contributed by atoms with van der Waals surface area (Å²) in [6.07, 6.45) is 4.11. The number of hydrogen-bond donors (Lipinski definition) is 0. The molecule has 5 rings (SSSR count). The summed E-state index contributed by atoms with van der Waals surface area (Å²) < 4.78 is 18.4. The molecule has 0 aliphatic carbocycles.